The minimum Gasteiger partial charge on any atom is -0.444 e. The molecular weight excluding hydrogens is 420 g/mol. The van der Waals surface area contributed by atoms with Crippen LogP contribution in [0.25, 0.3) is 11.3 Å². The van der Waals surface area contributed by atoms with Crippen LogP contribution in [-0.4, -0.2) is 57.6 Å². The second kappa shape index (κ2) is 8.52. The minimum atomic E-state index is -0.932. The highest BCUT2D eigenvalue weighted by Crippen LogP contribution is 2.35. The van der Waals surface area contributed by atoms with Crippen LogP contribution in [0.2, 0.25) is 0 Å². The van der Waals surface area contributed by atoms with E-state index in [1.165, 1.54) is 12.6 Å². The van der Waals surface area contributed by atoms with E-state index < -0.39 is 28.7 Å². The fourth-order valence-electron chi connectivity index (χ4n) is 4.04. The standard InChI is InChI=1S/C23H27F2N3O4/c1-23(2,3)32-22(30)27-8-6-16(7-9-27)28(15-4-5-15)21(29)20-17(24)10-14(11-18(20)25)19-12-26-13-31-19/h10-13,15-16H,4-9H2,1-3H3. The maximum atomic E-state index is 14.9. The van der Waals surface area contributed by atoms with Crippen molar-refractivity contribution in [1.82, 2.24) is 14.8 Å². The first kappa shape index (κ1) is 22.2. The molecule has 0 unspecified atom stereocenters. The van der Waals surface area contributed by atoms with Crippen LogP contribution in [-0.2, 0) is 4.74 Å². The summed E-state index contributed by atoms with van der Waals surface area (Å²) in [7, 11) is 0. The highest BCUT2D eigenvalue weighted by Gasteiger charge is 2.41. The summed E-state index contributed by atoms with van der Waals surface area (Å²) in [5.41, 5.74) is -0.968. The molecule has 9 heteroatoms. The van der Waals surface area contributed by atoms with Crippen LogP contribution in [0.4, 0.5) is 13.6 Å². The van der Waals surface area contributed by atoms with Gasteiger partial charge in [0.15, 0.2) is 12.2 Å². The number of rotatable bonds is 4. The Balaban J connectivity index is 1.50. The van der Waals surface area contributed by atoms with Gasteiger partial charge in [0.2, 0.25) is 0 Å². The molecule has 2 aromatic rings. The molecule has 0 atom stereocenters. The lowest BCUT2D eigenvalue weighted by atomic mass is 10.0. The molecule has 1 saturated carbocycles. The molecule has 7 nitrogen and oxygen atoms in total. The number of likely N-dealkylation sites (tertiary alicyclic amines) is 1. The van der Waals surface area contributed by atoms with E-state index in [4.69, 9.17) is 9.15 Å². The summed E-state index contributed by atoms with van der Waals surface area (Å²) >= 11 is 0. The van der Waals surface area contributed by atoms with Crippen LogP contribution < -0.4 is 0 Å². The van der Waals surface area contributed by atoms with Crippen molar-refractivity contribution in [3.8, 4) is 11.3 Å². The molecule has 172 valence electrons. The van der Waals surface area contributed by atoms with Gasteiger partial charge in [-0.05, 0) is 58.6 Å². The first-order chi connectivity index (χ1) is 15.1. The van der Waals surface area contributed by atoms with E-state index in [1.54, 1.807) is 9.80 Å². The number of aromatic nitrogens is 1. The lowest BCUT2D eigenvalue weighted by Crippen LogP contribution is -2.50. The third kappa shape index (κ3) is 4.76. The molecule has 1 saturated heterocycles. The Kier molecular flexibility index (Phi) is 5.92. The average Bonchev–Trinajstić information content (AvgIpc) is 3.37. The maximum Gasteiger partial charge on any atom is 0.410 e. The fraction of sp³-hybridized carbons (Fsp3) is 0.522. The van der Waals surface area contributed by atoms with Crippen molar-refractivity contribution in [2.75, 3.05) is 13.1 Å². The van der Waals surface area contributed by atoms with Crippen LogP contribution >= 0.6 is 0 Å². The van der Waals surface area contributed by atoms with Crippen molar-refractivity contribution in [3.05, 3.63) is 41.9 Å². The van der Waals surface area contributed by atoms with Gasteiger partial charge in [0, 0.05) is 30.7 Å². The predicted molar refractivity (Wildman–Crippen MR) is 112 cm³/mol. The molecular formula is C23H27F2N3O4. The molecule has 1 aliphatic heterocycles. The van der Waals surface area contributed by atoms with Crippen LogP contribution in [0.5, 0.6) is 0 Å². The molecule has 0 bridgehead atoms. The molecule has 2 aliphatic rings. The Morgan fingerprint density at radius 1 is 1.09 bits per heavy atom. The summed E-state index contributed by atoms with van der Waals surface area (Å²) in [4.78, 5) is 32.6. The van der Waals surface area contributed by atoms with E-state index in [-0.39, 0.29) is 29.5 Å². The number of halogens is 2. The van der Waals surface area contributed by atoms with Gasteiger partial charge in [-0.15, -0.1) is 0 Å². The number of amides is 2. The second-order valence-corrected chi connectivity index (χ2v) is 9.32. The number of carbonyl (C=O) groups is 2. The third-order valence-corrected chi connectivity index (χ3v) is 5.66. The highest BCUT2D eigenvalue weighted by molar-refractivity contribution is 5.96. The summed E-state index contributed by atoms with van der Waals surface area (Å²) in [6, 6.07) is 1.95. The molecule has 0 radical (unpaired) electrons. The van der Waals surface area contributed by atoms with E-state index in [1.807, 2.05) is 20.8 Å². The van der Waals surface area contributed by atoms with E-state index in [9.17, 15) is 18.4 Å². The molecule has 1 aromatic carbocycles. The van der Waals surface area contributed by atoms with Crippen molar-refractivity contribution in [2.24, 2.45) is 0 Å². The second-order valence-electron chi connectivity index (χ2n) is 9.32. The number of carbonyl (C=O) groups excluding carboxylic acids is 2. The van der Waals surface area contributed by atoms with Gasteiger partial charge in [-0.25, -0.2) is 18.6 Å². The van der Waals surface area contributed by atoms with Gasteiger partial charge < -0.3 is 19.0 Å². The zero-order chi connectivity index (χ0) is 23.0. The number of hydrogen-bond donors (Lipinski definition) is 0. The van der Waals surface area contributed by atoms with Gasteiger partial charge in [0.25, 0.3) is 5.91 Å². The predicted octanol–water partition coefficient (Wildman–Crippen LogP) is 4.62. The number of oxazole rings is 1. The van der Waals surface area contributed by atoms with E-state index >= 15 is 0 Å². The number of benzene rings is 1. The Labute approximate surface area is 185 Å². The molecule has 32 heavy (non-hydrogen) atoms. The largest absolute Gasteiger partial charge is 0.444 e. The van der Waals surface area contributed by atoms with Gasteiger partial charge >= 0.3 is 6.09 Å². The van der Waals surface area contributed by atoms with E-state index in [0.717, 1.165) is 25.0 Å². The number of hydrogen-bond acceptors (Lipinski definition) is 5. The number of nitrogens with zero attached hydrogens (tertiary/aromatic N) is 3. The molecule has 2 fully saturated rings. The summed E-state index contributed by atoms with van der Waals surface area (Å²) in [5.74, 6) is -2.30. The first-order valence-electron chi connectivity index (χ1n) is 10.8. The van der Waals surface area contributed by atoms with Gasteiger partial charge in [-0.1, -0.05) is 0 Å². The third-order valence-electron chi connectivity index (χ3n) is 5.66. The Hall–Kier alpha value is -2.97. The zero-order valence-electron chi connectivity index (χ0n) is 18.4. The summed E-state index contributed by atoms with van der Waals surface area (Å²) in [5, 5.41) is 0. The number of piperidine rings is 1. The molecule has 1 aromatic heterocycles. The van der Waals surface area contributed by atoms with Crippen molar-refractivity contribution in [3.63, 3.8) is 0 Å². The Morgan fingerprint density at radius 2 is 1.69 bits per heavy atom. The van der Waals surface area contributed by atoms with Crippen molar-refractivity contribution >= 4 is 12.0 Å². The summed E-state index contributed by atoms with van der Waals surface area (Å²) in [6.07, 6.45) is 4.80. The SMILES string of the molecule is CC(C)(C)OC(=O)N1CCC(N(C(=O)c2c(F)cc(-c3cnco3)cc2F)C2CC2)CC1. The number of ether oxygens (including phenoxy) is 1. The molecule has 2 heterocycles. The zero-order valence-corrected chi connectivity index (χ0v) is 18.4. The van der Waals surface area contributed by atoms with Crippen molar-refractivity contribution in [2.45, 2.75) is 64.1 Å². The monoisotopic (exact) mass is 447 g/mol. The van der Waals surface area contributed by atoms with Crippen LogP contribution in [0.1, 0.15) is 56.8 Å². The normalized spacial score (nSPS) is 17.3. The van der Waals surface area contributed by atoms with Crippen LogP contribution in [0.15, 0.2) is 29.1 Å². The summed E-state index contributed by atoms with van der Waals surface area (Å²) in [6.45, 7) is 6.27. The molecule has 0 spiro atoms. The lowest BCUT2D eigenvalue weighted by Gasteiger charge is -2.39. The molecule has 1 aliphatic carbocycles. The van der Waals surface area contributed by atoms with E-state index in [2.05, 4.69) is 4.98 Å². The lowest BCUT2D eigenvalue weighted by molar-refractivity contribution is 0.0141. The summed E-state index contributed by atoms with van der Waals surface area (Å²) < 4.78 is 40.3. The van der Waals surface area contributed by atoms with Gasteiger partial charge in [-0.2, -0.15) is 0 Å². The van der Waals surface area contributed by atoms with Gasteiger partial charge in [0.1, 0.15) is 22.8 Å². The fourth-order valence-corrected chi connectivity index (χ4v) is 4.04. The quantitative estimate of drug-likeness (QED) is 0.683. The highest BCUT2D eigenvalue weighted by atomic mass is 19.1. The molecule has 4 rings (SSSR count). The molecule has 2 amide bonds. The van der Waals surface area contributed by atoms with Gasteiger partial charge in [-0.3, -0.25) is 4.79 Å². The molecule has 0 N–H and O–H groups in total. The van der Waals surface area contributed by atoms with Crippen LogP contribution in [0.3, 0.4) is 0 Å². The van der Waals surface area contributed by atoms with Gasteiger partial charge in [0.05, 0.1) is 6.20 Å². The Bertz CT molecular complexity index is 968. The smallest absolute Gasteiger partial charge is 0.410 e. The van der Waals surface area contributed by atoms with Crippen molar-refractivity contribution in [1.29, 1.82) is 0 Å². The Morgan fingerprint density at radius 3 is 2.19 bits per heavy atom. The van der Waals surface area contributed by atoms with Crippen molar-refractivity contribution < 1.29 is 27.5 Å². The first-order valence-corrected chi connectivity index (χ1v) is 10.8. The van der Waals surface area contributed by atoms with Crippen LogP contribution in [0, 0.1) is 11.6 Å². The minimum absolute atomic E-state index is 0.0340. The average molecular weight is 447 g/mol. The van der Waals surface area contributed by atoms with E-state index in [0.29, 0.717) is 25.9 Å². The topological polar surface area (TPSA) is 75.9 Å². The maximum absolute atomic E-state index is 14.9.